The lowest BCUT2D eigenvalue weighted by Gasteiger charge is -2.11. The number of aliphatic hydroxyl groups is 1. The lowest BCUT2D eigenvalue weighted by atomic mass is 10.2. The molecule has 0 radical (unpaired) electrons. The van der Waals surface area contributed by atoms with Crippen LogP contribution in [-0.4, -0.2) is 29.3 Å². The fourth-order valence-corrected chi connectivity index (χ4v) is 1.60. The zero-order chi connectivity index (χ0) is 11.5. The minimum atomic E-state index is -0.441. The molecule has 1 heterocycles. The predicted octanol–water partition coefficient (Wildman–Crippen LogP) is 0.574. The van der Waals surface area contributed by atoms with E-state index in [1.807, 2.05) is 0 Å². The Hall–Kier alpha value is -1.50. The van der Waals surface area contributed by atoms with E-state index in [2.05, 4.69) is 5.32 Å². The number of nitro benzene ring substituents is 1. The molecular formula is C10H12N2O4. The molecule has 2 rings (SSSR count). The number of non-ortho nitro benzene ring substituents is 1. The van der Waals surface area contributed by atoms with Gasteiger partial charge in [0, 0.05) is 18.7 Å². The van der Waals surface area contributed by atoms with Crippen molar-refractivity contribution in [2.24, 2.45) is 0 Å². The summed E-state index contributed by atoms with van der Waals surface area (Å²) in [6.07, 6.45) is -0.502. The van der Waals surface area contributed by atoms with E-state index in [0.29, 0.717) is 6.54 Å². The van der Waals surface area contributed by atoms with Gasteiger partial charge in [-0.1, -0.05) is 0 Å². The maximum Gasteiger partial charge on any atom is 0.269 e. The molecule has 1 aromatic rings. The van der Waals surface area contributed by atoms with E-state index in [0.717, 1.165) is 5.56 Å². The first-order valence-corrected chi connectivity index (χ1v) is 4.95. The van der Waals surface area contributed by atoms with Gasteiger partial charge in [0.05, 0.1) is 17.6 Å². The third-order valence-corrected chi connectivity index (χ3v) is 2.47. The highest BCUT2D eigenvalue weighted by molar-refractivity contribution is 5.33. The highest BCUT2D eigenvalue weighted by Gasteiger charge is 2.25. The van der Waals surface area contributed by atoms with Crippen molar-refractivity contribution >= 4 is 5.69 Å². The fourth-order valence-electron chi connectivity index (χ4n) is 1.60. The van der Waals surface area contributed by atoms with Crippen molar-refractivity contribution in [3.63, 3.8) is 0 Å². The second kappa shape index (κ2) is 4.56. The van der Waals surface area contributed by atoms with Crippen molar-refractivity contribution in [2.45, 2.75) is 12.3 Å². The van der Waals surface area contributed by atoms with Gasteiger partial charge in [0.15, 0.2) is 0 Å². The molecule has 1 aliphatic rings. The van der Waals surface area contributed by atoms with Crippen molar-refractivity contribution in [2.75, 3.05) is 13.2 Å². The van der Waals surface area contributed by atoms with E-state index in [4.69, 9.17) is 9.84 Å². The minimum absolute atomic E-state index is 0.0313. The van der Waals surface area contributed by atoms with E-state index in [1.165, 1.54) is 12.1 Å². The van der Waals surface area contributed by atoms with Crippen LogP contribution in [0.2, 0.25) is 0 Å². The van der Waals surface area contributed by atoms with Crippen molar-refractivity contribution < 1.29 is 14.8 Å². The maximum absolute atomic E-state index is 10.5. The van der Waals surface area contributed by atoms with Crippen LogP contribution >= 0.6 is 0 Å². The van der Waals surface area contributed by atoms with Gasteiger partial charge < -0.3 is 9.84 Å². The van der Waals surface area contributed by atoms with Gasteiger partial charge in [0.25, 0.3) is 5.69 Å². The van der Waals surface area contributed by atoms with Gasteiger partial charge in [-0.3, -0.25) is 15.4 Å². The number of rotatable bonds is 3. The number of nitro groups is 1. The third-order valence-electron chi connectivity index (χ3n) is 2.47. The second-order valence-electron chi connectivity index (χ2n) is 3.58. The predicted molar refractivity (Wildman–Crippen MR) is 55.8 cm³/mol. The van der Waals surface area contributed by atoms with Crippen LogP contribution in [0.1, 0.15) is 11.8 Å². The summed E-state index contributed by atoms with van der Waals surface area (Å²) in [5, 5.41) is 22.4. The Bertz CT molecular complexity index is 379. The average molecular weight is 224 g/mol. The normalized spacial score (nSPS) is 24.6. The van der Waals surface area contributed by atoms with Crippen LogP contribution < -0.4 is 5.32 Å². The van der Waals surface area contributed by atoms with Gasteiger partial charge in [-0.05, 0) is 17.7 Å². The summed E-state index contributed by atoms with van der Waals surface area (Å²) in [5.41, 5.74) is 0.877. The van der Waals surface area contributed by atoms with E-state index < -0.39 is 4.92 Å². The number of aliphatic hydroxyl groups excluding tert-OH is 1. The molecule has 1 fully saturated rings. The van der Waals surface area contributed by atoms with Crippen LogP contribution in [0.4, 0.5) is 5.69 Å². The number of nitrogens with zero attached hydrogens (tertiary/aromatic N) is 1. The van der Waals surface area contributed by atoms with Gasteiger partial charge >= 0.3 is 0 Å². The molecular weight excluding hydrogens is 212 g/mol. The Morgan fingerprint density at radius 1 is 1.50 bits per heavy atom. The minimum Gasteiger partial charge on any atom is -0.394 e. The molecule has 16 heavy (non-hydrogen) atoms. The number of nitrogens with one attached hydrogen (secondary N) is 1. The second-order valence-corrected chi connectivity index (χ2v) is 3.58. The molecule has 1 aromatic carbocycles. The standard InChI is InChI=1S/C10H12N2O4/c13-6-9-5-11-10(16-9)7-1-3-8(4-2-7)12(14)15/h1-4,9-11,13H,5-6H2. The molecule has 0 amide bonds. The Labute approximate surface area is 92.0 Å². The molecule has 0 spiro atoms. The number of ether oxygens (including phenoxy) is 1. The highest BCUT2D eigenvalue weighted by Crippen LogP contribution is 2.23. The first-order valence-electron chi connectivity index (χ1n) is 4.95. The topological polar surface area (TPSA) is 84.6 Å². The van der Waals surface area contributed by atoms with E-state index >= 15 is 0 Å². The Balaban J connectivity index is 2.08. The Morgan fingerprint density at radius 2 is 2.19 bits per heavy atom. The monoisotopic (exact) mass is 224 g/mol. The summed E-state index contributed by atoms with van der Waals surface area (Å²) in [6.45, 7) is 0.550. The van der Waals surface area contributed by atoms with Gasteiger partial charge in [0.1, 0.15) is 6.23 Å². The molecule has 86 valence electrons. The Kier molecular flexibility index (Phi) is 3.14. The molecule has 0 aliphatic carbocycles. The quantitative estimate of drug-likeness (QED) is 0.579. The van der Waals surface area contributed by atoms with E-state index in [1.54, 1.807) is 12.1 Å². The van der Waals surface area contributed by atoms with Crippen molar-refractivity contribution in [1.82, 2.24) is 5.32 Å². The molecule has 0 bridgehead atoms. The van der Waals surface area contributed by atoms with Gasteiger partial charge in [0.2, 0.25) is 0 Å². The van der Waals surface area contributed by atoms with Crippen molar-refractivity contribution in [3.8, 4) is 0 Å². The van der Waals surface area contributed by atoms with Crippen LogP contribution in [0.3, 0.4) is 0 Å². The van der Waals surface area contributed by atoms with E-state index in [-0.39, 0.29) is 24.6 Å². The number of benzene rings is 1. The highest BCUT2D eigenvalue weighted by atomic mass is 16.6. The largest absolute Gasteiger partial charge is 0.394 e. The number of hydrogen-bond acceptors (Lipinski definition) is 5. The summed E-state index contributed by atoms with van der Waals surface area (Å²) in [5.74, 6) is 0. The van der Waals surface area contributed by atoms with Gasteiger partial charge in [-0.2, -0.15) is 0 Å². The molecule has 2 N–H and O–H groups in total. The third kappa shape index (κ3) is 2.19. The number of hydrogen-bond donors (Lipinski definition) is 2. The van der Waals surface area contributed by atoms with Crippen LogP contribution in [0.25, 0.3) is 0 Å². The summed E-state index contributed by atoms with van der Waals surface area (Å²) >= 11 is 0. The first-order chi connectivity index (χ1) is 7.70. The van der Waals surface area contributed by atoms with Crippen LogP contribution in [0.15, 0.2) is 24.3 Å². The average Bonchev–Trinajstić information content (AvgIpc) is 2.77. The lowest BCUT2D eigenvalue weighted by molar-refractivity contribution is -0.384. The summed E-state index contributed by atoms with van der Waals surface area (Å²) in [4.78, 5) is 10.0. The van der Waals surface area contributed by atoms with Crippen molar-refractivity contribution in [3.05, 3.63) is 39.9 Å². The van der Waals surface area contributed by atoms with E-state index in [9.17, 15) is 10.1 Å². The zero-order valence-electron chi connectivity index (χ0n) is 8.50. The van der Waals surface area contributed by atoms with Crippen molar-refractivity contribution in [1.29, 1.82) is 0 Å². The maximum atomic E-state index is 10.5. The fraction of sp³-hybridized carbons (Fsp3) is 0.400. The van der Waals surface area contributed by atoms with Gasteiger partial charge in [-0.25, -0.2) is 0 Å². The molecule has 1 aliphatic heterocycles. The molecule has 6 heteroatoms. The molecule has 2 atom stereocenters. The molecule has 2 unspecified atom stereocenters. The van der Waals surface area contributed by atoms with Crippen LogP contribution in [0.5, 0.6) is 0 Å². The first kappa shape index (κ1) is 11.0. The van der Waals surface area contributed by atoms with Crippen LogP contribution in [0, 0.1) is 10.1 Å². The SMILES string of the molecule is O=[N+]([O-])c1ccc(C2NCC(CO)O2)cc1. The molecule has 1 saturated heterocycles. The molecule has 0 saturated carbocycles. The smallest absolute Gasteiger partial charge is 0.269 e. The lowest BCUT2D eigenvalue weighted by Crippen LogP contribution is -2.17. The molecule has 0 aromatic heterocycles. The Morgan fingerprint density at radius 3 is 2.69 bits per heavy atom. The summed E-state index contributed by atoms with van der Waals surface area (Å²) in [6, 6.07) is 6.17. The molecule has 6 nitrogen and oxygen atoms in total. The van der Waals surface area contributed by atoms with Gasteiger partial charge in [-0.15, -0.1) is 0 Å². The zero-order valence-corrected chi connectivity index (χ0v) is 8.50. The van der Waals surface area contributed by atoms with Crippen LogP contribution in [-0.2, 0) is 4.74 Å². The summed E-state index contributed by atoms with van der Waals surface area (Å²) < 4.78 is 5.47. The summed E-state index contributed by atoms with van der Waals surface area (Å²) in [7, 11) is 0.